The van der Waals surface area contributed by atoms with Gasteiger partial charge in [-0.15, -0.1) is 0 Å². The number of phenolic OH excluding ortho intramolecular Hbond substituents is 1. The quantitative estimate of drug-likeness (QED) is 0.795. The van der Waals surface area contributed by atoms with Crippen LogP contribution in [0.5, 0.6) is 11.5 Å². The summed E-state index contributed by atoms with van der Waals surface area (Å²) in [4.78, 5) is 0. The molecule has 0 radical (unpaired) electrons. The maximum Gasteiger partial charge on any atom is 0.121 e. The minimum atomic E-state index is 0.256. The number of aromatic nitrogens is 2. The Balaban J connectivity index is 1.63. The molecule has 4 rings (SSSR count). The summed E-state index contributed by atoms with van der Waals surface area (Å²) in [5.74, 6) is 1.88. The van der Waals surface area contributed by atoms with Gasteiger partial charge in [0.15, 0.2) is 0 Å². The van der Waals surface area contributed by atoms with E-state index in [4.69, 9.17) is 4.74 Å². The number of hydrogen-bond acceptors (Lipinski definition) is 3. The molecule has 4 nitrogen and oxygen atoms in total. The van der Waals surface area contributed by atoms with Crippen molar-refractivity contribution in [3.63, 3.8) is 0 Å². The minimum absolute atomic E-state index is 0.256. The highest BCUT2D eigenvalue weighted by molar-refractivity contribution is 5.80. The van der Waals surface area contributed by atoms with E-state index < -0.39 is 0 Å². The van der Waals surface area contributed by atoms with Gasteiger partial charge in [0.05, 0.1) is 17.8 Å². The standard InChI is InChI=1S/C17H16N2O2/c20-15-6-4-14(5-7-15)19-10-13-3-8-16(9-17(13)18-19)21-11-12-1-2-12/h3-10,12,20H,1-2,11H2. The fraction of sp³-hybridized carbons (Fsp3) is 0.235. The monoisotopic (exact) mass is 280 g/mol. The second-order valence-electron chi connectivity index (χ2n) is 5.57. The lowest BCUT2D eigenvalue weighted by molar-refractivity contribution is 0.300. The van der Waals surface area contributed by atoms with Crippen LogP contribution in [0.4, 0.5) is 0 Å². The number of phenols is 1. The fourth-order valence-corrected chi connectivity index (χ4v) is 2.32. The van der Waals surface area contributed by atoms with Crippen molar-refractivity contribution in [2.24, 2.45) is 5.92 Å². The van der Waals surface area contributed by atoms with Crippen LogP contribution in [0.25, 0.3) is 16.6 Å². The first-order valence-corrected chi connectivity index (χ1v) is 7.19. The molecular weight excluding hydrogens is 264 g/mol. The lowest BCUT2D eigenvalue weighted by Gasteiger charge is -2.03. The van der Waals surface area contributed by atoms with Crippen molar-refractivity contribution in [3.8, 4) is 17.2 Å². The summed E-state index contributed by atoms with van der Waals surface area (Å²) in [6.07, 6.45) is 4.56. The van der Waals surface area contributed by atoms with Gasteiger partial charge in [-0.1, -0.05) is 0 Å². The SMILES string of the molecule is Oc1ccc(-n2cc3ccc(OCC4CC4)cc3n2)cc1. The molecule has 1 aliphatic carbocycles. The first-order chi connectivity index (χ1) is 10.3. The second kappa shape index (κ2) is 4.81. The summed E-state index contributed by atoms with van der Waals surface area (Å²) in [7, 11) is 0. The first-order valence-electron chi connectivity index (χ1n) is 7.19. The van der Waals surface area contributed by atoms with E-state index >= 15 is 0 Å². The maximum absolute atomic E-state index is 9.34. The Labute approximate surface area is 122 Å². The van der Waals surface area contributed by atoms with Gasteiger partial charge >= 0.3 is 0 Å². The van der Waals surface area contributed by atoms with Gasteiger partial charge < -0.3 is 9.84 Å². The van der Waals surface area contributed by atoms with Crippen molar-refractivity contribution in [3.05, 3.63) is 48.7 Å². The van der Waals surface area contributed by atoms with Gasteiger partial charge in [-0.3, -0.25) is 0 Å². The van der Waals surface area contributed by atoms with E-state index in [0.717, 1.165) is 34.9 Å². The lowest BCUT2D eigenvalue weighted by Crippen LogP contribution is -1.98. The molecule has 1 heterocycles. The first kappa shape index (κ1) is 12.3. The van der Waals surface area contributed by atoms with Gasteiger partial charge in [-0.25, -0.2) is 4.68 Å². The predicted octanol–water partition coefficient (Wildman–Crippen LogP) is 3.52. The van der Waals surface area contributed by atoms with Crippen LogP contribution in [0.3, 0.4) is 0 Å². The van der Waals surface area contributed by atoms with Crippen LogP contribution in [0, 0.1) is 5.92 Å². The number of hydrogen-bond donors (Lipinski definition) is 1. The molecule has 1 N–H and O–H groups in total. The van der Waals surface area contributed by atoms with Gasteiger partial charge in [0.25, 0.3) is 0 Å². The molecular formula is C17H16N2O2. The smallest absolute Gasteiger partial charge is 0.121 e. The molecule has 1 saturated carbocycles. The number of nitrogens with zero attached hydrogens (tertiary/aromatic N) is 2. The molecule has 1 aliphatic rings. The van der Waals surface area contributed by atoms with Crippen molar-refractivity contribution in [2.75, 3.05) is 6.61 Å². The number of benzene rings is 2. The molecule has 2 aromatic carbocycles. The van der Waals surface area contributed by atoms with Crippen molar-refractivity contribution in [1.82, 2.24) is 9.78 Å². The van der Waals surface area contributed by atoms with Crippen molar-refractivity contribution < 1.29 is 9.84 Å². The van der Waals surface area contributed by atoms with E-state index in [9.17, 15) is 5.11 Å². The van der Waals surface area contributed by atoms with Crippen LogP contribution in [0.2, 0.25) is 0 Å². The van der Waals surface area contributed by atoms with Crippen molar-refractivity contribution >= 4 is 10.9 Å². The zero-order valence-electron chi connectivity index (χ0n) is 11.6. The van der Waals surface area contributed by atoms with Gasteiger partial charge in [-0.2, -0.15) is 5.10 Å². The number of rotatable bonds is 4. The van der Waals surface area contributed by atoms with Crippen LogP contribution < -0.4 is 4.74 Å². The normalized spacial score (nSPS) is 14.5. The Morgan fingerprint density at radius 1 is 1.14 bits per heavy atom. The highest BCUT2D eigenvalue weighted by Crippen LogP contribution is 2.30. The van der Waals surface area contributed by atoms with Crippen molar-refractivity contribution in [2.45, 2.75) is 12.8 Å². The number of fused-ring (bicyclic) bond motifs is 1. The summed E-state index contributed by atoms with van der Waals surface area (Å²) in [5.41, 5.74) is 1.83. The van der Waals surface area contributed by atoms with Gasteiger partial charge in [-0.05, 0) is 55.2 Å². The molecule has 1 fully saturated rings. The van der Waals surface area contributed by atoms with Gasteiger partial charge in [0, 0.05) is 17.6 Å². The molecule has 4 heteroatoms. The molecule has 106 valence electrons. The summed E-state index contributed by atoms with van der Waals surface area (Å²) in [6, 6.07) is 13.0. The van der Waals surface area contributed by atoms with Crippen LogP contribution in [-0.4, -0.2) is 21.5 Å². The predicted molar refractivity (Wildman–Crippen MR) is 81.0 cm³/mol. The molecule has 1 aromatic heterocycles. The minimum Gasteiger partial charge on any atom is -0.508 e. The van der Waals surface area contributed by atoms with Gasteiger partial charge in [0.2, 0.25) is 0 Å². The van der Waals surface area contributed by atoms with Crippen molar-refractivity contribution in [1.29, 1.82) is 0 Å². The molecule has 3 aromatic rings. The van der Waals surface area contributed by atoms with Crippen LogP contribution in [-0.2, 0) is 0 Å². The average molecular weight is 280 g/mol. The van der Waals surface area contributed by atoms with Gasteiger partial charge in [0.1, 0.15) is 11.5 Å². The molecule has 0 spiro atoms. The van der Waals surface area contributed by atoms with Crippen LogP contribution in [0.15, 0.2) is 48.7 Å². The Hall–Kier alpha value is -2.49. The average Bonchev–Trinajstić information content (AvgIpc) is 3.23. The van der Waals surface area contributed by atoms with E-state index in [0.29, 0.717) is 0 Å². The third-order valence-electron chi connectivity index (χ3n) is 3.78. The fourth-order valence-electron chi connectivity index (χ4n) is 2.32. The highest BCUT2D eigenvalue weighted by atomic mass is 16.5. The Morgan fingerprint density at radius 2 is 1.95 bits per heavy atom. The van der Waals surface area contributed by atoms with E-state index in [1.54, 1.807) is 12.1 Å². The third kappa shape index (κ3) is 2.57. The van der Waals surface area contributed by atoms with E-state index in [1.165, 1.54) is 12.8 Å². The lowest BCUT2D eigenvalue weighted by atomic mass is 10.2. The zero-order valence-corrected chi connectivity index (χ0v) is 11.6. The number of aromatic hydroxyl groups is 1. The number of ether oxygens (including phenoxy) is 1. The van der Waals surface area contributed by atoms with Crippen LogP contribution in [0.1, 0.15) is 12.8 Å². The highest BCUT2D eigenvalue weighted by Gasteiger charge is 2.21. The Bertz CT molecular complexity index is 773. The summed E-state index contributed by atoms with van der Waals surface area (Å²) >= 11 is 0. The second-order valence-corrected chi connectivity index (χ2v) is 5.57. The molecule has 0 saturated heterocycles. The topological polar surface area (TPSA) is 47.3 Å². The molecule has 0 unspecified atom stereocenters. The summed E-state index contributed by atoms with van der Waals surface area (Å²) in [6.45, 7) is 0.810. The Morgan fingerprint density at radius 3 is 2.71 bits per heavy atom. The molecule has 0 aliphatic heterocycles. The molecule has 21 heavy (non-hydrogen) atoms. The molecule has 0 bridgehead atoms. The molecule has 0 amide bonds. The van der Waals surface area contributed by atoms with E-state index in [1.807, 2.05) is 41.2 Å². The maximum atomic E-state index is 9.34. The summed E-state index contributed by atoms with van der Waals surface area (Å²) in [5, 5.41) is 15.0. The zero-order chi connectivity index (χ0) is 14.2. The van der Waals surface area contributed by atoms with E-state index in [2.05, 4.69) is 5.10 Å². The summed E-state index contributed by atoms with van der Waals surface area (Å²) < 4.78 is 7.60. The van der Waals surface area contributed by atoms with Crippen LogP contribution >= 0.6 is 0 Å². The third-order valence-corrected chi connectivity index (χ3v) is 3.78. The Kier molecular flexibility index (Phi) is 2.81. The van der Waals surface area contributed by atoms with E-state index in [-0.39, 0.29) is 5.75 Å². The molecule has 0 atom stereocenters. The largest absolute Gasteiger partial charge is 0.508 e.